The maximum Gasteiger partial charge on any atom is 0.414 e. The molecule has 0 amide bonds. The van der Waals surface area contributed by atoms with Crippen LogP contribution in [0.2, 0.25) is 10.0 Å². The highest BCUT2D eigenvalue weighted by Gasteiger charge is 2.17. The first-order valence-electron chi connectivity index (χ1n) is 8.73. The van der Waals surface area contributed by atoms with Crippen LogP contribution in [0.1, 0.15) is 11.1 Å². The van der Waals surface area contributed by atoms with Crippen LogP contribution >= 0.6 is 23.2 Å². The molecule has 0 spiro atoms. The fourth-order valence-electron chi connectivity index (χ4n) is 2.80. The van der Waals surface area contributed by atoms with E-state index in [0.29, 0.717) is 0 Å². The molecule has 0 aliphatic carbocycles. The van der Waals surface area contributed by atoms with Crippen LogP contribution in [-0.2, 0) is 22.7 Å². The number of aliphatic carboxylic acids is 2. The Hall–Kier alpha value is -2.12. The third-order valence-corrected chi connectivity index (χ3v) is 4.79. The summed E-state index contributed by atoms with van der Waals surface area (Å²) in [6.45, 7) is 6.44. The van der Waals surface area contributed by atoms with Crippen LogP contribution in [0.3, 0.4) is 0 Å². The van der Waals surface area contributed by atoms with Gasteiger partial charge in [-0.1, -0.05) is 47.5 Å². The summed E-state index contributed by atoms with van der Waals surface area (Å²) in [5.41, 5.74) is 2.66. The Labute approximate surface area is 173 Å². The Morgan fingerprint density at radius 3 is 1.21 bits per heavy atom. The molecule has 6 nitrogen and oxygen atoms in total. The maximum absolute atomic E-state index is 9.10. The van der Waals surface area contributed by atoms with Crippen LogP contribution in [-0.4, -0.2) is 58.1 Å². The first kappa shape index (κ1) is 22.2. The smallest absolute Gasteiger partial charge is 0.414 e. The van der Waals surface area contributed by atoms with Crippen LogP contribution in [0.25, 0.3) is 0 Å². The molecule has 3 rings (SSSR count). The van der Waals surface area contributed by atoms with Gasteiger partial charge in [-0.05, 0) is 35.4 Å². The highest BCUT2D eigenvalue weighted by molar-refractivity contribution is 6.30. The first-order chi connectivity index (χ1) is 13.3. The SMILES string of the molecule is Clc1ccc(CN2CCN(Cc3ccc(Cl)cc3)CC2)cc1.O=C(O)C(=O)O. The van der Waals surface area contributed by atoms with Gasteiger partial charge in [-0.15, -0.1) is 0 Å². The molecular weight excluding hydrogens is 403 g/mol. The van der Waals surface area contributed by atoms with Crippen molar-refractivity contribution in [2.75, 3.05) is 26.2 Å². The van der Waals surface area contributed by atoms with E-state index >= 15 is 0 Å². The van der Waals surface area contributed by atoms with Crippen molar-refractivity contribution >= 4 is 35.1 Å². The minimum Gasteiger partial charge on any atom is -0.473 e. The summed E-state index contributed by atoms with van der Waals surface area (Å²) < 4.78 is 0. The zero-order valence-corrected chi connectivity index (χ0v) is 16.7. The molecule has 1 saturated heterocycles. The van der Waals surface area contributed by atoms with Gasteiger partial charge in [0.2, 0.25) is 0 Å². The summed E-state index contributed by atoms with van der Waals surface area (Å²) >= 11 is 11.9. The number of hydrogen-bond donors (Lipinski definition) is 2. The lowest BCUT2D eigenvalue weighted by atomic mass is 10.1. The van der Waals surface area contributed by atoms with Gasteiger partial charge in [-0.3, -0.25) is 9.80 Å². The first-order valence-corrected chi connectivity index (χ1v) is 9.49. The number of carboxylic acid groups (broad SMARTS) is 2. The maximum atomic E-state index is 9.10. The molecule has 8 heteroatoms. The third-order valence-electron chi connectivity index (χ3n) is 4.29. The molecule has 28 heavy (non-hydrogen) atoms. The van der Waals surface area contributed by atoms with Crippen LogP contribution in [0.15, 0.2) is 48.5 Å². The predicted octanol–water partition coefficient (Wildman–Crippen LogP) is 3.47. The molecule has 0 aromatic heterocycles. The quantitative estimate of drug-likeness (QED) is 0.731. The summed E-state index contributed by atoms with van der Waals surface area (Å²) in [7, 11) is 0. The van der Waals surface area contributed by atoms with E-state index in [9.17, 15) is 0 Å². The molecule has 0 radical (unpaired) electrons. The number of hydrogen-bond acceptors (Lipinski definition) is 4. The Morgan fingerprint density at radius 2 is 0.964 bits per heavy atom. The van der Waals surface area contributed by atoms with Gasteiger partial charge in [-0.25, -0.2) is 9.59 Å². The second-order valence-corrected chi connectivity index (χ2v) is 7.29. The van der Waals surface area contributed by atoms with E-state index in [4.69, 9.17) is 43.0 Å². The zero-order valence-electron chi connectivity index (χ0n) is 15.2. The second kappa shape index (κ2) is 11.0. The van der Waals surface area contributed by atoms with Gasteiger partial charge < -0.3 is 10.2 Å². The van der Waals surface area contributed by atoms with E-state index in [0.717, 1.165) is 49.3 Å². The minimum absolute atomic E-state index is 0.802. The molecule has 0 atom stereocenters. The lowest BCUT2D eigenvalue weighted by molar-refractivity contribution is -0.159. The van der Waals surface area contributed by atoms with E-state index < -0.39 is 11.9 Å². The summed E-state index contributed by atoms with van der Waals surface area (Å²) in [6, 6.07) is 16.3. The van der Waals surface area contributed by atoms with Crippen molar-refractivity contribution in [1.82, 2.24) is 9.80 Å². The number of nitrogens with zero attached hydrogens (tertiary/aromatic N) is 2. The Balaban J connectivity index is 0.000000409. The lowest BCUT2D eigenvalue weighted by Crippen LogP contribution is -2.45. The van der Waals surface area contributed by atoms with Gasteiger partial charge >= 0.3 is 11.9 Å². The van der Waals surface area contributed by atoms with Crippen molar-refractivity contribution in [1.29, 1.82) is 0 Å². The Kier molecular flexibility index (Phi) is 8.73. The van der Waals surface area contributed by atoms with Gasteiger partial charge in [0.1, 0.15) is 0 Å². The van der Waals surface area contributed by atoms with Crippen LogP contribution in [0.4, 0.5) is 0 Å². The molecule has 1 aliphatic heterocycles. The highest BCUT2D eigenvalue weighted by atomic mass is 35.5. The molecule has 150 valence electrons. The van der Waals surface area contributed by atoms with E-state index in [1.165, 1.54) is 11.1 Å². The summed E-state index contributed by atoms with van der Waals surface area (Å²) in [5.74, 6) is -3.65. The summed E-state index contributed by atoms with van der Waals surface area (Å²) in [4.78, 5) is 23.2. The fraction of sp³-hybridized carbons (Fsp3) is 0.300. The molecule has 1 fully saturated rings. The van der Waals surface area contributed by atoms with Crippen molar-refractivity contribution < 1.29 is 19.8 Å². The predicted molar refractivity (Wildman–Crippen MR) is 109 cm³/mol. The summed E-state index contributed by atoms with van der Waals surface area (Å²) in [6.07, 6.45) is 0. The topological polar surface area (TPSA) is 81.1 Å². The molecule has 0 bridgehead atoms. The number of halogens is 2. The molecule has 2 aromatic carbocycles. The molecule has 1 heterocycles. The van der Waals surface area contributed by atoms with E-state index in [1.54, 1.807) is 0 Å². The van der Waals surface area contributed by atoms with Crippen molar-refractivity contribution in [3.63, 3.8) is 0 Å². The number of carboxylic acids is 2. The van der Waals surface area contributed by atoms with E-state index in [-0.39, 0.29) is 0 Å². The van der Waals surface area contributed by atoms with Gasteiger partial charge in [0.25, 0.3) is 0 Å². The Bertz CT molecular complexity index is 706. The molecule has 0 saturated carbocycles. The summed E-state index contributed by atoms with van der Waals surface area (Å²) in [5, 5.41) is 16.4. The van der Waals surface area contributed by atoms with Gasteiger partial charge in [-0.2, -0.15) is 0 Å². The fourth-order valence-corrected chi connectivity index (χ4v) is 3.05. The van der Waals surface area contributed by atoms with E-state index in [1.807, 2.05) is 24.3 Å². The number of carbonyl (C=O) groups is 2. The molecule has 2 aromatic rings. The zero-order chi connectivity index (χ0) is 20.5. The average molecular weight is 425 g/mol. The van der Waals surface area contributed by atoms with Gasteiger partial charge in [0.05, 0.1) is 0 Å². The second-order valence-electron chi connectivity index (χ2n) is 6.42. The molecular formula is C20H22Cl2N2O4. The normalized spacial score (nSPS) is 14.8. The molecule has 2 N–H and O–H groups in total. The minimum atomic E-state index is -1.82. The standard InChI is InChI=1S/C18H20Cl2N2.C2H2O4/c19-17-5-1-15(2-6-17)13-21-9-11-22(12-10-21)14-16-3-7-18(20)8-4-16;3-1(4)2(5)6/h1-8H,9-14H2;(H,3,4)(H,5,6). The average Bonchev–Trinajstić information content (AvgIpc) is 2.67. The molecule has 0 unspecified atom stereocenters. The van der Waals surface area contributed by atoms with Crippen LogP contribution in [0.5, 0.6) is 0 Å². The Morgan fingerprint density at radius 1 is 0.679 bits per heavy atom. The van der Waals surface area contributed by atoms with Crippen molar-refractivity contribution in [2.24, 2.45) is 0 Å². The van der Waals surface area contributed by atoms with Crippen LogP contribution in [0, 0.1) is 0 Å². The molecule has 1 aliphatic rings. The van der Waals surface area contributed by atoms with E-state index in [2.05, 4.69) is 34.1 Å². The number of rotatable bonds is 4. The highest BCUT2D eigenvalue weighted by Crippen LogP contribution is 2.15. The van der Waals surface area contributed by atoms with Gasteiger partial charge in [0, 0.05) is 49.3 Å². The number of piperazine rings is 1. The van der Waals surface area contributed by atoms with Crippen molar-refractivity contribution in [3.8, 4) is 0 Å². The third kappa shape index (κ3) is 7.86. The lowest BCUT2D eigenvalue weighted by Gasteiger charge is -2.34. The monoisotopic (exact) mass is 424 g/mol. The number of benzene rings is 2. The van der Waals surface area contributed by atoms with Gasteiger partial charge in [0.15, 0.2) is 0 Å². The van der Waals surface area contributed by atoms with Crippen LogP contribution < -0.4 is 0 Å². The van der Waals surface area contributed by atoms with Crippen molar-refractivity contribution in [2.45, 2.75) is 13.1 Å². The van der Waals surface area contributed by atoms with Crippen molar-refractivity contribution in [3.05, 3.63) is 69.7 Å². The largest absolute Gasteiger partial charge is 0.473 e.